The Hall–Kier alpha value is -5.06. The Balaban J connectivity index is 1.34. The molecular formula is C63H73BN2S. The van der Waals surface area contributed by atoms with Crippen LogP contribution >= 0.6 is 11.3 Å². The Morgan fingerprint density at radius 1 is 0.493 bits per heavy atom. The lowest BCUT2D eigenvalue weighted by molar-refractivity contribution is 0.332. The first-order chi connectivity index (χ1) is 31.1. The second-order valence-corrected chi connectivity index (χ2v) is 27.0. The van der Waals surface area contributed by atoms with E-state index in [2.05, 4.69) is 237 Å². The zero-order chi connectivity index (χ0) is 48.1. The largest absolute Gasteiger partial charge is 0.311 e. The maximum absolute atomic E-state index is 2.72. The van der Waals surface area contributed by atoms with Gasteiger partial charge in [-0.1, -0.05) is 165 Å². The Labute approximate surface area is 407 Å². The Kier molecular flexibility index (Phi) is 10.2. The van der Waals surface area contributed by atoms with Crippen molar-refractivity contribution in [3.8, 4) is 11.1 Å². The minimum absolute atomic E-state index is 0.0171. The zero-order valence-corrected chi connectivity index (χ0v) is 44.5. The van der Waals surface area contributed by atoms with Crippen molar-refractivity contribution in [2.24, 2.45) is 0 Å². The first-order valence-corrected chi connectivity index (χ1v) is 25.8. The number of benzene rings is 6. The summed E-state index contributed by atoms with van der Waals surface area (Å²) in [7, 11) is 0. The van der Waals surface area contributed by atoms with Crippen LogP contribution < -0.4 is 25.5 Å². The summed E-state index contributed by atoms with van der Waals surface area (Å²) in [6.07, 6.45) is 2.38. The summed E-state index contributed by atoms with van der Waals surface area (Å²) in [6.45, 7) is 40.3. The van der Waals surface area contributed by atoms with E-state index in [9.17, 15) is 0 Å². The second-order valence-electron chi connectivity index (χ2n) is 25.9. The number of aryl methyl sites for hydroxylation is 1. The van der Waals surface area contributed by atoms with Crippen molar-refractivity contribution in [1.29, 1.82) is 0 Å². The van der Waals surface area contributed by atoms with Crippen molar-refractivity contribution in [2.45, 2.75) is 163 Å². The van der Waals surface area contributed by atoms with E-state index >= 15 is 0 Å². The molecule has 0 amide bonds. The number of rotatable bonds is 3. The van der Waals surface area contributed by atoms with Crippen LogP contribution in [0.5, 0.6) is 0 Å². The average molecular weight is 901 g/mol. The molecule has 0 radical (unpaired) electrons. The van der Waals surface area contributed by atoms with Gasteiger partial charge in [-0.3, -0.25) is 0 Å². The van der Waals surface area contributed by atoms with E-state index in [0.717, 1.165) is 0 Å². The Morgan fingerprint density at radius 3 is 1.52 bits per heavy atom. The van der Waals surface area contributed by atoms with Gasteiger partial charge in [0.1, 0.15) is 0 Å². The van der Waals surface area contributed by atoms with Gasteiger partial charge in [0.2, 0.25) is 0 Å². The fraction of sp³-hybridized carbons (Fsp3) is 0.397. The molecule has 1 aliphatic carbocycles. The van der Waals surface area contributed by atoms with E-state index < -0.39 is 0 Å². The van der Waals surface area contributed by atoms with Crippen LogP contribution in [0.1, 0.15) is 163 Å². The molecule has 344 valence electrons. The molecule has 2 aliphatic heterocycles. The van der Waals surface area contributed by atoms with Crippen molar-refractivity contribution < 1.29 is 0 Å². The van der Waals surface area contributed by atoms with Gasteiger partial charge in [0.15, 0.2) is 0 Å². The molecule has 0 spiro atoms. The summed E-state index contributed by atoms with van der Waals surface area (Å²) in [5.74, 6) is 0. The second kappa shape index (κ2) is 15.0. The van der Waals surface area contributed by atoms with Crippen molar-refractivity contribution in [3.05, 3.63) is 148 Å². The van der Waals surface area contributed by atoms with E-state index in [-0.39, 0.29) is 39.2 Å². The maximum Gasteiger partial charge on any atom is 0.264 e. The molecule has 0 bridgehead atoms. The maximum atomic E-state index is 2.72. The molecule has 4 heteroatoms. The summed E-state index contributed by atoms with van der Waals surface area (Å²) in [5.41, 5.74) is 22.9. The van der Waals surface area contributed by atoms with Crippen LogP contribution in [-0.4, -0.2) is 6.71 Å². The third-order valence-corrected chi connectivity index (χ3v) is 17.0. The summed E-state index contributed by atoms with van der Waals surface area (Å²) in [4.78, 5) is 5.31. The molecule has 67 heavy (non-hydrogen) atoms. The van der Waals surface area contributed by atoms with Gasteiger partial charge in [0.05, 0.1) is 11.4 Å². The zero-order valence-electron chi connectivity index (χ0n) is 43.7. The minimum Gasteiger partial charge on any atom is -0.311 e. The lowest BCUT2D eigenvalue weighted by Gasteiger charge is -2.44. The lowest BCUT2D eigenvalue weighted by Crippen LogP contribution is -2.60. The number of hydrogen-bond donors (Lipinski definition) is 0. The smallest absolute Gasteiger partial charge is 0.264 e. The van der Waals surface area contributed by atoms with Crippen LogP contribution in [-0.2, 0) is 32.5 Å². The molecule has 0 N–H and O–H groups in total. The van der Waals surface area contributed by atoms with E-state index in [1.165, 1.54) is 123 Å². The molecule has 7 aromatic rings. The molecule has 10 rings (SSSR count). The predicted octanol–water partition coefficient (Wildman–Crippen LogP) is 16.5. The van der Waals surface area contributed by atoms with Crippen LogP contribution in [0.4, 0.5) is 34.1 Å². The molecule has 0 saturated heterocycles. The lowest BCUT2D eigenvalue weighted by atomic mass is 9.36. The van der Waals surface area contributed by atoms with Crippen LogP contribution in [0, 0.1) is 6.92 Å². The van der Waals surface area contributed by atoms with Gasteiger partial charge in [-0.25, -0.2) is 0 Å². The standard InChI is InChI=1S/C63H73BN2S/c1-38-32-52-55-53(33-38)66(50-28-24-42(60(8,9)10)34-45(50)39-18-20-40(21-19-39)58(2,3)4)56-46-36-47-48(63(16,17)31-30-62(47,14)15)37-54(46)67-57(56)64(55)49-35-43(61(11,12)13)25-29-51(49)65(52)44-26-22-41(23-27-44)59(5,6)7/h18-29,32-37H,30-31H2,1-17H3. The average Bonchev–Trinajstić information content (AvgIpc) is 3.61. The van der Waals surface area contributed by atoms with Crippen molar-refractivity contribution >= 4 is 78.0 Å². The van der Waals surface area contributed by atoms with Gasteiger partial charge in [0.25, 0.3) is 6.71 Å². The van der Waals surface area contributed by atoms with Crippen molar-refractivity contribution in [2.75, 3.05) is 9.80 Å². The molecule has 0 atom stereocenters. The van der Waals surface area contributed by atoms with Crippen molar-refractivity contribution in [3.63, 3.8) is 0 Å². The fourth-order valence-corrected chi connectivity index (χ4v) is 12.7. The molecule has 0 unspecified atom stereocenters. The van der Waals surface area contributed by atoms with Gasteiger partial charge in [-0.05, 0) is 162 Å². The molecule has 0 fully saturated rings. The molecule has 6 aromatic carbocycles. The number of nitrogens with zero attached hydrogens (tertiary/aromatic N) is 2. The highest BCUT2D eigenvalue weighted by atomic mass is 32.1. The third kappa shape index (κ3) is 7.51. The van der Waals surface area contributed by atoms with Gasteiger partial charge >= 0.3 is 0 Å². The number of thiophene rings is 1. The summed E-state index contributed by atoms with van der Waals surface area (Å²) in [6, 6.07) is 43.9. The van der Waals surface area contributed by atoms with Gasteiger partial charge in [0, 0.05) is 43.2 Å². The Morgan fingerprint density at radius 2 is 0.970 bits per heavy atom. The first-order valence-electron chi connectivity index (χ1n) is 25.0. The van der Waals surface area contributed by atoms with E-state index in [1.807, 2.05) is 11.3 Å². The number of hydrogen-bond acceptors (Lipinski definition) is 3. The van der Waals surface area contributed by atoms with Gasteiger partial charge < -0.3 is 9.80 Å². The number of anilines is 6. The summed E-state index contributed by atoms with van der Waals surface area (Å²) >= 11 is 2.05. The summed E-state index contributed by atoms with van der Waals surface area (Å²) < 4.78 is 2.83. The quantitative estimate of drug-likeness (QED) is 0.163. The minimum atomic E-state index is -0.0245. The molecule has 3 heterocycles. The van der Waals surface area contributed by atoms with Gasteiger partial charge in [-0.2, -0.15) is 0 Å². The highest BCUT2D eigenvalue weighted by Gasteiger charge is 2.47. The first kappa shape index (κ1) is 45.7. The SMILES string of the molecule is Cc1cc2c3c(c1)N(c1ccc(C(C)(C)C)cc1-c1ccc(C(C)(C)C)cc1)c1c(sc4cc5c(cc14)C(C)(C)CCC5(C)C)B3c1cc(C(C)(C)C)ccc1N2c1ccc(C(C)(C)C)cc1. The highest BCUT2D eigenvalue weighted by Crippen LogP contribution is 2.54. The fourth-order valence-electron chi connectivity index (χ4n) is 11.4. The highest BCUT2D eigenvalue weighted by molar-refractivity contribution is 7.33. The third-order valence-electron chi connectivity index (χ3n) is 15.8. The monoisotopic (exact) mass is 901 g/mol. The Bertz CT molecular complexity index is 3110. The molecule has 3 aliphatic rings. The molecule has 2 nitrogen and oxygen atoms in total. The normalized spacial score (nSPS) is 16.5. The number of fused-ring (bicyclic) bond motifs is 7. The van der Waals surface area contributed by atoms with Crippen molar-refractivity contribution in [1.82, 2.24) is 0 Å². The van der Waals surface area contributed by atoms with Crippen LogP contribution in [0.2, 0.25) is 0 Å². The predicted molar refractivity (Wildman–Crippen MR) is 296 cm³/mol. The molecular weight excluding hydrogens is 828 g/mol. The van der Waals surface area contributed by atoms with Crippen LogP contribution in [0.15, 0.2) is 109 Å². The van der Waals surface area contributed by atoms with E-state index in [4.69, 9.17) is 0 Å². The van der Waals surface area contributed by atoms with E-state index in [0.29, 0.717) is 0 Å². The van der Waals surface area contributed by atoms with Crippen LogP contribution in [0.25, 0.3) is 21.2 Å². The molecule has 1 aromatic heterocycles. The topological polar surface area (TPSA) is 6.48 Å². The van der Waals surface area contributed by atoms with Gasteiger partial charge in [-0.15, -0.1) is 11.3 Å². The van der Waals surface area contributed by atoms with Crippen LogP contribution in [0.3, 0.4) is 0 Å². The molecule has 0 saturated carbocycles. The van der Waals surface area contributed by atoms with E-state index in [1.54, 1.807) is 0 Å². The summed E-state index contributed by atoms with van der Waals surface area (Å²) in [5, 5.41) is 1.38.